The van der Waals surface area contributed by atoms with Crippen LogP contribution in [0.1, 0.15) is 232 Å². The zero-order chi connectivity index (χ0) is 57.3. The fourth-order valence-corrected chi connectivity index (χ4v) is 8.69. The van der Waals surface area contributed by atoms with Crippen molar-refractivity contribution in [3.63, 3.8) is 0 Å². The summed E-state index contributed by atoms with van der Waals surface area (Å²) in [5.41, 5.74) is 5.38. The van der Waals surface area contributed by atoms with Crippen LogP contribution in [0.3, 0.4) is 0 Å². The summed E-state index contributed by atoms with van der Waals surface area (Å²) in [5, 5.41) is 0. The number of rotatable bonds is 56. The summed E-state index contributed by atoms with van der Waals surface area (Å²) < 4.78 is 33.0. The highest BCUT2D eigenvalue weighted by Gasteiger charge is 2.26. The van der Waals surface area contributed by atoms with Crippen LogP contribution in [0.5, 0.6) is 0 Å². The van der Waals surface area contributed by atoms with Gasteiger partial charge in [-0.05, 0) is 116 Å². The third-order valence-electron chi connectivity index (χ3n) is 12.4. The number of allylic oxidation sites excluding steroid dienone is 26. The SMILES string of the molecule is CC/C=C\C/C=C\C/C=C\C/C=C\C/C=C\C/C=C\C/C=C\CCCC(=O)OC(COC(=O)CCCCCCCCCCCCCCCCCC/C=C\C/C=C\C/C=C\C/C=C\C/C=C\C/C=C\CC)COP(=O)(O)OCCN. The fraction of sp³-hybridized carbons (Fsp3) is 0.594. The van der Waals surface area contributed by atoms with E-state index in [2.05, 4.69) is 166 Å². The molecule has 3 N–H and O–H groups in total. The smallest absolute Gasteiger partial charge is 0.462 e. The zero-order valence-corrected chi connectivity index (χ0v) is 50.7. The number of ether oxygens (including phenoxy) is 2. The largest absolute Gasteiger partial charge is 0.472 e. The van der Waals surface area contributed by atoms with Gasteiger partial charge in [-0.3, -0.25) is 18.6 Å². The highest BCUT2D eigenvalue weighted by molar-refractivity contribution is 7.47. The number of esters is 2. The van der Waals surface area contributed by atoms with E-state index < -0.39 is 32.5 Å². The summed E-state index contributed by atoms with van der Waals surface area (Å²) >= 11 is 0. The average molecular weight is 1110 g/mol. The molecule has 9 nitrogen and oxygen atoms in total. The lowest BCUT2D eigenvalue weighted by Gasteiger charge is -2.19. The molecule has 0 radical (unpaired) electrons. The molecule has 0 aromatic carbocycles. The molecule has 2 unspecified atom stereocenters. The molecule has 446 valence electrons. The Morgan fingerprint density at radius 3 is 1.01 bits per heavy atom. The average Bonchev–Trinajstić information content (AvgIpc) is 3.44. The van der Waals surface area contributed by atoms with Crippen molar-refractivity contribution in [3.05, 3.63) is 158 Å². The van der Waals surface area contributed by atoms with Crippen LogP contribution >= 0.6 is 7.82 Å². The number of phosphoric acid groups is 1. The second kappa shape index (κ2) is 62.8. The van der Waals surface area contributed by atoms with Crippen molar-refractivity contribution >= 4 is 19.8 Å². The Kier molecular flexibility index (Phi) is 59.3. The molecule has 0 fully saturated rings. The van der Waals surface area contributed by atoms with Gasteiger partial charge in [0.15, 0.2) is 6.10 Å². The van der Waals surface area contributed by atoms with E-state index in [1.165, 1.54) is 83.5 Å². The molecule has 0 bridgehead atoms. The summed E-state index contributed by atoms with van der Waals surface area (Å²) in [5.74, 6) is -0.905. The van der Waals surface area contributed by atoms with Gasteiger partial charge in [-0.1, -0.05) is 262 Å². The van der Waals surface area contributed by atoms with Gasteiger partial charge in [-0.25, -0.2) is 4.57 Å². The summed E-state index contributed by atoms with van der Waals surface area (Å²) in [4.78, 5) is 35.2. The van der Waals surface area contributed by atoms with Crippen molar-refractivity contribution in [2.24, 2.45) is 5.73 Å². The first kappa shape index (κ1) is 74.6. The third kappa shape index (κ3) is 62.7. The van der Waals surface area contributed by atoms with E-state index in [1.807, 2.05) is 6.08 Å². The predicted molar refractivity (Wildman–Crippen MR) is 339 cm³/mol. The van der Waals surface area contributed by atoms with Crippen LogP contribution in [0.4, 0.5) is 0 Å². The van der Waals surface area contributed by atoms with E-state index in [0.717, 1.165) is 109 Å². The highest BCUT2D eigenvalue weighted by Crippen LogP contribution is 2.43. The number of carbonyl (C=O) groups is 2. The second-order valence-corrected chi connectivity index (χ2v) is 21.3. The van der Waals surface area contributed by atoms with E-state index in [-0.39, 0.29) is 32.6 Å². The van der Waals surface area contributed by atoms with Crippen molar-refractivity contribution in [2.45, 2.75) is 238 Å². The Bertz CT molecular complexity index is 1850. The number of unbranched alkanes of at least 4 members (excludes halogenated alkanes) is 17. The van der Waals surface area contributed by atoms with E-state index >= 15 is 0 Å². The van der Waals surface area contributed by atoms with Crippen LogP contribution in [0.2, 0.25) is 0 Å². The first-order valence-electron chi connectivity index (χ1n) is 31.0. The lowest BCUT2D eigenvalue weighted by Crippen LogP contribution is -2.29. The Balaban J connectivity index is 4.01. The van der Waals surface area contributed by atoms with Gasteiger partial charge >= 0.3 is 19.8 Å². The van der Waals surface area contributed by atoms with Crippen molar-refractivity contribution in [1.82, 2.24) is 0 Å². The van der Waals surface area contributed by atoms with Crippen LogP contribution in [0.25, 0.3) is 0 Å². The van der Waals surface area contributed by atoms with Crippen LogP contribution in [0, 0.1) is 0 Å². The number of hydrogen-bond donors (Lipinski definition) is 2. The number of phosphoric ester groups is 1. The molecule has 0 amide bonds. The van der Waals surface area contributed by atoms with Crippen LogP contribution in [-0.2, 0) is 32.7 Å². The maximum atomic E-state index is 12.7. The predicted octanol–water partition coefficient (Wildman–Crippen LogP) is 20.1. The third-order valence-corrected chi connectivity index (χ3v) is 13.4. The lowest BCUT2D eigenvalue weighted by atomic mass is 10.0. The first-order valence-corrected chi connectivity index (χ1v) is 32.5. The van der Waals surface area contributed by atoms with Crippen molar-refractivity contribution < 1.29 is 37.6 Å². The minimum absolute atomic E-state index is 0.0366. The van der Waals surface area contributed by atoms with Gasteiger partial charge in [0.2, 0.25) is 0 Å². The van der Waals surface area contributed by atoms with Crippen LogP contribution < -0.4 is 5.73 Å². The normalized spacial score (nSPS) is 14.1. The van der Waals surface area contributed by atoms with Gasteiger partial charge in [-0.2, -0.15) is 0 Å². The quantitative estimate of drug-likeness (QED) is 0.0264. The number of hydrogen-bond acceptors (Lipinski definition) is 8. The van der Waals surface area contributed by atoms with Gasteiger partial charge in [0.1, 0.15) is 6.61 Å². The van der Waals surface area contributed by atoms with Gasteiger partial charge < -0.3 is 20.1 Å². The standard InChI is InChI=1S/C69H112NO8P/c1-3-5-7-9-11-13-15-17-19-21-23-25-27-28-29-30-31-32-33-34-35-36-37-38-40-41-43-45-47-49-51-53-55-57-59-61-68(71)75-65-67(66-77-79(73,74)76-64-63-70)78-69(72)62-60-58-56-54-52-50-48-46-44-42-39-26-24-22-20-18-16-14-12-10-8-6-4-2/h5-8,11-14,17-20,23-26,28-29,31-32,42,44,48,50,54,56,67H,3-4,9-10,15-16,21-22,27,30,33-41,43,45-47,49,51-53,55,57-66,70H2,1-2H3,(H,73,74)/b7-5-,8-6-,13-11-,14-12-,19-17-,20-18-,25-23-,26-24-,29-28-,32-31-,44-42-,50-48-,56-54-. The van der Waals surface area contributed by atoms with E-state index in [0.29, 0.717) is 12.8 Å². The van der Waals surface area contributed by atoms with E-state index in [9.17, 15) is 19.0 Å². The summed E-state index contributed by atoms with van der Waals surface area (Å²) in [6.07, 6.45) is 91.8. The minimum Gasteiger partial charge on any atom is -0.462 e. The molecule has 0 aliphatic rings. The summed E-state index contributed by atoms with van der Waals surface area (Å²) in [6, 6.07) is 0. The molecule has 10 heteroatoms. The first-order chi connectivity index (χ1) is 38.8. The molecule has 0 aliphatic heterocycles. The molecule has 0 rings (SSSR count). The number of nitrogens with two attached hydrogens (primary N) is 1. The van der Waals surface area contributed by atoms with E-state index in [1.54, 1.807) is 0 Å². The monoisotopic (exact) mass is 1110 g/mol. The van der Waals surface area contributed by atoms with Crippen molar-refractivity contribution in [2.75, 3.05) is 26.4 Å². The Morgan fingerprint density at radius 1 is 0.380 bits per heavy atom. The Labute approximate surface area is 483 Å². The molecule has 79 heavy (non-hydrogen) atoms. The lowest BCUT2D eigenvalue weighted by molar-refractivity contribution is -0.161. The molecule has 0 aromatic heterocycles. The van der Waals surface area contributed by atoms with Gasteiger partial charge in [0.05, 0.1) is 13.2 Å². The van der Waals surface area contributed by atoms with Crippen molar-refractivity contribution in [3.8, 4) is 0 Å². The molecule has 0 saturated carbocycles. The number of carbonyl (C=O) groups excluding carboxylic acids is 2. The van der Waals surface area contributed by atoms with Crippen molar-refractivity contribution in [1.29, 1.82) is 0 Å². The summed E-state index contributed by atoms with van der Waals surface area (Å²) in [6.45, 7) is 3.44. The topological polar surface area (TPSA) is 134 Å². The second-order valence-electron chi connectivity index (χ2n) is 19.8. The minimum atomic E-state index is -4.42. The maximum absolute atomic E-state index is 12.7. The molecular weight excluding hydrogens is 1000 g/mol. The van der Waals surface area contributed by atoms with Crippen LogP contribution in [0.15, 0.2) is 158 Å². The molecule has 0 aromatic rings. The highest BCUT2D eigenvalue weighted by atomic mass is 31.2. The van der Waals surface area contributed by atoms with Gasteiger partial charge in [-0.15, -0.1) is 0 Å². The maximum Gasteiger partial charge on any atom is 0.472 e. The summed E-state index contributed by atoms with van der Waals surface area (Å²) in [7, 11) is -4.42. The zero-order valence-electron chi connectivity index (χ0n) is 49.8. The molecule has 0 aliphatic carbocycles. The van der Waals surface area contributed by atoms with E-state index in [4.69, 9.17) is 24.3 Å². The van der Waals surface area contributed by atoms with Gasteiger partial charge in [0.25, 0.3) is 0 Å². The van der Waals surface area contributed by atoms with Crippen LogP contribution in [-0.4, -0.2) is 49.3 Å². The molecule has 0 spiro atoms. The van der Waals surface area contributed by atoms with Gasteiger partial charge in [0, 0.05) is 19.4 Å². The molecular formula is C69H112NO8P. The molecule has 0 heterocycles. The molecule has 2 atom stereocenters. The Morgan fingerprint density at radius 2 is 0.671 bits per heavy atom. The fourth-order valence-electron chi connectivity index (χ4n) is 7.92. The Hall–Kier alpha value is -4.37. The molecule has 0 saturated heterocycles.